The van der Waals surface area contributed by atoms with Gasteiger partial charge in [-0.2, -0.15) is 5.10 Å². The lowest BCUT2D eigenvalue weighted by atomic mass is 10.1. The number of anilines is 1. The first kappa shape index (κ1) is 12.6. The molecule has 5 heteroatoms. The minimum absolute atomic E-state index is 0.759. The number of H-pyrrole nitrogens is 1. The van der Waals surface area contributed by atoms with E-state index in [4.69, 9.17) is 0 Å². The van der Waals surface area contributed by atoms with Crippen molar-refractivity contribution >= 4 is 16.9 Å². The molecule has 0 unspecified atom stereocenters. The summed E-state index contributed by atoms with van der Waals surface area (Å²) in [5.41, 5.74) is 3.46. The van der Waals surface area contributed by atoms with E-state index in [2.05, 4.69) is 56.7 Å². The van der Waals surface area contributed by atoms with E-state index in [1.165, 1.54) is 11.1 Å². The summed E-state index contributed by atoms with van der Waals surface area (Å²) < 4.78 is 0. The van der Waals surface area contributed by atoms with Crippen LogP contribution in [0.25, 0.3) is 11.0 Å². The molecule has 2 N–H and O–H groups in total. The molecule has 3 rings (SSSR count). The van der Waals surface area contributed by atoms with Gasteiger partial charge in [-0.1, -0.05) is 31.2 Å². The highest BCUT2D eigenvalue weighted by atomic mass is 15.2. The number of nitrogens with zero attached hydrogens (tertiary/aromatic N) is 3. The van der Waals surface area contributed by atoms with Gasteiger partial charge in [0, 0.05) is 6.54 Å². The lowest BCUT2D eigenvalue weighted by Gasteiger charge is -2.06. The van der Waals surface area contributed by atoms with Gasteiger partial charge in [0.2, 0.25) is 0 Å². The third-order valence-electron chi connectivity index (χ3n) is 3.39. The number of fused-ring (bicyclic) bond motifs is 1. The molecule has 0 saturated carbocycles. The largest absolute Gasteiger partial charge is 0.369 e. The molecule has 0 aliphatic rings. The Morgan fingerprint density at radius 3 is 2.70 bits per heavy atom. The molecule has 0 atom stereocenters. The Hall–Kier alpha value is -2.43. The Morgan fingerprint density at radius 1 is 1.10 bits per heavy atom. The van der Waals surface area contributed by atoms with Crippen LogP contribution in [-0.2, 0) is 12.8 Å². The molecule has 20 heavy (non-hydrogen) atoms. The molecule has 3 aromatic rings. The Labute approximate surface area is 117 Å². The smallest absolute Gasteiger partial charge is 0.160 e. The van der Waals surface area contributed by atoms with Crippen LogP contribution < -0.4 is 5.32 Å². The van der Waals surface area contributed by atoms with Crippen LogP contribution in [0.4, 0.5) is 5.82 Å². The first-order chi connectivity index (χ1) is 9.86. The van der Waals surface area contributed by atoms with E-state index in [0.717, 1.165) is 36.2 Å². The maximum absolute atomic E-state index is 4.26. The maximum Gasteiger partial charge on any atom is 0.160 e. The lowest BCUT2D eigenvalue weighted by Crippen LogP contribution is -2.06. The van der Waals surface area contributed by atoms with Crippen LogP contribution in [0.15, 0.2) is 36.8 Å². The first-order valence-electron chi connectivity index (χ1n) is 6.82. The van der Waals surface area contributed by atoms with Crippen molar-refractivity contribution in [3.05, 3.63) is 47.9 Å². The molecule has 0 amide bonds. The summed E-state index contributed by atoms with van der Waals surface area (Å²) in [7, 11) is 0. The number of hydrogen-bond acceptors (Lipinski definition) is 4. The van der Waals surface area contributed by atoms with Crippen LogP contribution in [0.3, 0.4) is 0 Å². The average Bonchev–Trinajstić information content (AvgIpc) is 2.97. The summed E-state index contributed by atoms with van der Waals surface area (Å²) in [6.45, 7) is 3.00. The van der Waals surface area contributed by atoms with E-state index in [1.54, 1.807) is 12.5 Å². The van der Waals surface area contributed by atoms with Gasteiger partial charge in [-0.25, -0.2) is 9.97 Å². The second-order valence-electron chi connectivity index (χ2n) is 4.70. The van der Waals surface area contributed by atoms with Crippen LogP contribution in [0.2, 0.25) is 0 Å². The number of rotatable bonds is 5. The Kier molecular flexibility index (Phi) is 3.58. The van der Waals surface area contributed by atoms with Crippen molar-refractivity contribution in [1.29, 1.82) is 0 Å². The number of nitrogens with one attached hydrogen (secondary N) is 2. The van der Waals surface area contributed by atoms with E-state index < -0.39 is 0 Å². The lowest BCUT2D eigenvalue weighted by molar-refractivity contribution is 1.00. The molecule has 0 radical (unpaired) electrons. The van der Waals surface area contributed by atoms with Crippen molar-refractivity contribution in [2.24, 2.45) is 0 Å². The number of benzene rings is 1. The number of aromatic nitrogens is 4. The predicted octanol–water partition coefficient (Wildman–Crippen LogP) is 2.57. The van der Waals surface area contributed by atoms with Crippen LogP contribution in [0.1, 0.15) is 18.1 Å². The third kappa shape index (κ3) is 2.61. The predicted molar refractivity (Wildman–Crippen MR) is 79.7 cm³/mol. The van der Waals surface area contributed by atoms with Gasteiger partial charge in [-0.3, -0.25) is 5.10 Å². The number of aryl methyl sites for hydroxylation is 1. The Bertz CT molecular complexity index is 687. The Morgan fingerprint density at radius 2 is 1.90 bits per heavy atom. The fraction of sp³-hybridized carbons (Fsp3) is 0.267. The van der Waals surface area contributed by atoms with E-state index in [0.29, 0.717) is 0 Å². The second kappa shape index (κ2) is 5.69. The van der Waals surface area contributed by atoms with Crippen molar-refractivity contribution in [2.75, 3.05) is 11.9 Å². The minimum atomic E-state index is 0.759. The van der Waals surface area contributed by atoms with E-state index in [9.17, 15) is 0 Å². The zero-order valence-corrected chi connectivity index (χ0v) is 11.4. The monoisotopic (exact) mass is 267 g/mol. The van der Waals surface area contributed by atoms with Crippen LogP contribution in [-0.4, -0.2) is 26.7 Å². The van der Waals surface area contributed by atoms with E-state index >= 15 is 0 Å². The molecule has 0 bridgehead atoms. The molecular weight excluding hydrogens is 250 g/mol. The van der Waals surface area contributed by atoms with Gasteiger partial charge in [0.1, 0.15) is 12.1 Å². The molecule has 0 spiro atoms. The number of aromatic amines is 1. The molecule has 0 aliphatic heterocycles. The van der Waals surface area contributed by atoms with Gasteiger partial charge in [-0.05, 0) is 24.0 Å². The second-order valence-corrected chi connectivity index (χ2v) is 4.70. The maximum atomic E-state index is 4.26. The highest BCUT2D eigenvalue weighted by molar-refractivity contribution is 5.85. The highest BCUT2D eigenvalue weighted by Gasteiger charge is 2.04. The zero-order chi connectivity index (χ0) is 13.8. The first-order valence-corrected chi connectivity index (χ1v) is 6.82. The van der Waals surface area contributed by atoms with Gasteiger partial charge < -0.3 is 5.32 Å². The minimum Gasteiger partial charge on any atom is -0.369 e. The van der Waals surface area contributed by atoms with Crippen LogP contribution in [0, 0.1) is 0 Å². The van der Waals surface area contributed by atoms with Crippen molar-refractivity contribution in [2.45, 2.75) is 19.8 Å². The average molecular weight is 267 g/mol. The molecule has 0 aliphatic carbocycles. The molecule has 2 heterocycles. The molecule has 5 nitrogen and oxygen atoms in total. The van der Waals surface area contributed by atoms with Crippen molar-refractivity contribution in [3.63, 3.8) is 0 Å². The third-order valence-corrected chi connectivity index (χ3v) is 3.39. The molecule has 0 fully saturated rings. The van der Waals surface area contributed by atoms with Gasteiger partial charge in [0.15, 0.2) is 5.65 Å². The van der Waals surface area contributed by atoms with Gasteiger partial charge in [0.25, 0.3) is 0 Å². The van der Waals surface area contributed by atoms with E-state index in [-0.39, 0.29) is 0 Å². The molecular formula is C15H17N5. The molecule has 1 aromatic carbocycles. The number of hydrogen-bond donors (Lipinski definition) is 2. The van der Waals surface area contributed by atoms with Crippen LogP contribution >= 0.6 is 0 Å². The summed E-state index contributed by atoms with van der Waals surface area (Å²) in [4.78, 5) is 8.37. The topological polar surface area (TPSA) is 66.5 Å². The summed E-state index contributed by atoms with van der Waals surface area (Å²) >= 11 is 0. The molecule has 102 valence electrons. The summed E-state index contributed by atoms with van der Waals surface area (Å²) in [5.74, 6) is 0.828. The Balaban J connectivity index is 1.63. The van der Waals surface area contributed by atoms with Gasteiger partial charge in [0.05, 0.1) is 11.6 Å². The fourth-order valence-corrected chi connectivity index (χ4v) is 2.17. The summed E-state index contributed by atoms with van der Waals surface area (Å²) in [5, 5.41) is 11.1. The molecule has 2 aromatic heterocycles. The van der Waals surface area contributed by atoms with Gasteiger partial charge >= 0.3 is 0 Å². The standard InChI is InChI=1S/C15H17N5/c1-2-11-3-5-12(6-4-11)7-8-16-14-13-9-19-20-15(13)18-10-17-14/h3-6,9-10H,2,7-8H2,1H3,(H2,16,17,18,19,20). The summed E-state index contributed by atoms with van der Waals surface area (Å²) in [6.07, 6.45) is 5.33. The van der Waals surface area contributed by atoms with Crippen molar-refractivity contribution in [1.82, 2.24) is 20.2 Å². The molecule has 0 saturated heterocycles. The fourth-order valence-electron chi connectivity index (χ4n) is 2.17. The van der Waals surface area contributed by atoms with Crippen LogP contribution in [0.5, 0.6) is 0 Å². The quantitative estimate of drug-likeness (QED) is 0.745. The van der Waals surface area contributed by atoms with Gasteiger partial charge in [-0.15, -0.1) is 0 Å². The van der Waals surface area contributed by atoms with E-state index in [1.807, 2.05) is 0 Å². The summed E-state index contributed by atoms with van der Waals surface area (Å²) in [6, 6.07) is 8.75. The highest BCUT2D eigenvalue weighted by Crippen LogP contribution is 2.16. The normalized spacial score (nSPS) is 10.8. The SMILES string of the molecule is CCc1ccc(CCNc2ncnc3[nH]ncc23)cc1. The van der Waals surface area contributed by atoms with Crippen molar-refractivity contribution in [3.8, 4) is 0 Å². The zero-order valence-electron chi connectivity index (χ0n) is 11.4. The van der Waals surface area contributed by atoms with Crippen molar-refractivity contribution < 1.29 is 0 Å².